The van der Waals surface area contributed by atoms with Crippen LogP contribution in [0.15, 0.2) is 18.2 Å². The van der Waals surface area contributed by atoms with Gasteiger partial charge in [0, 0.05) is 16.7 Å². The third-order valence-corrected chi connectivity index (χ3v) is 4.03. The number of rotatable bonds is 5. The van der Waals surface area contributed by atoms with E-state index in [1.807, 2.05) is 0 Å². The van der Waals surface area contributed by atoms with Crippen molar-refractivity contribution in [2.24, 2.45) is 5.73 Å². The molecule has 1 aromatic carbocycles. The average Bonchev–Trinajstić information content (AvgIpc) is 3.25. The van der Waals surface area contributed by atoms with E-state index in [1.165, 1.54) is 7.11 Å². The van der Waals surface area contributed by atoms with Crippen molar-refractivity contribution >= 4 is 17.7 Å². The van der Waals surface area contributed by atoms with Crippen LogP contribution in [-0.2, 0) is 14.9 Å². The Kier molecular flexibility index (Phi) is 4.75. The summed E-state index contributed by atoms with van der Waals surface area (Å²) in [5.41, 5.74) is 5.80. The van der Waals surface area contributed by atoms with Crippen LogP contribution in [0.1, 0.15) is 39.2 Å². The van der Waals surface area contributed by atoms with E-state index in [9.17, 15) is 14.7 Å². The highest BCUT2D eigenvalue weighted by atomic mass is 16.6. The van der Waals surface area contributed by atoms with Gasteiger partial charge in [0.2, 0.25) is 0 Å². The van der Waals surface area contributed by atoms with Crippen LogP contribution in [0.2, 0.25) is 0 Å². The zero-order valence-corrected chi connectivity index (χ0v) is 14.4. The zero-order chi connectivity index (χ0) is 18.1. The fraction of sp³-hybridized carbons (Fsp3) is 0.529. The van der Waals surface area contributed by atoms with Crippen LogP contribution >= 0.6 is 0 Å². The molecule has 0 bridgehead atoms. The predicted molar refractivity (Wildman–Crippen MR) is 89.4 cm³/mol. The molecule has 132 valence electrons. The predicted octanol–water partition coefficient (Wildman–Crippen LogP) is 2.49. The molecule has 7 nitrogen and oxygen atoms in total. The summed E-state index contributed by atoms with van der Waals surface area (Å²) in [7, 11) is 1.52. The molecule has 1 atom stereocenters. The van der Waals surface area contributed by atoms with Gasteiger partial charge in [0.1, 0.15) is 17.4 Å². The van der Waals surface area contributed by atoms with E-state index in [0.717, 1.165) is 0 Å². The van der Waals surface area contributed by atoms with Crippen molar-refractivity contribution in [3.8, 4) is 5.75 Å². The molecular formula is C17H24N2O5. The number of methoxy groups -OCH3 is 1. The molecule has 0 heterocycles. The van der Waals surface area contributed by atoms with E-state index in [1.54, 1.807) is 39.0 Å². The minimum Gasteiger partial charge on any atom is -0.496 e. The van der Waals surface area contributed by atoms with Gasteiger partial charge < -0.3 is 20.3 Å². The monoisotopic (exact) mass is 336 g/mol. The number of ether oxygens (including phenoxy) is 2. The van der Waals surface area contributed by atoms with Gasteiger partial charge in [-0.05, 0) is 51.8 Å². The number of aliphatic carboxylic acids is 1. The fourth-order valence-corrected chi connectivity index (χ4v) is 2.72. The minimum atomic E-state index is -1.06. The van der Waals surface area contributed by atoms with Gasteiger partial charge in [0.15, 0.2) is 0 Å². The molecule has 1 amide bonds. The Hall–Kier alpha value is -2.28. The molecule has 1 unspecified atom stereocenters. The number of anilines is 1. The second kappa shape index (κ2) is 6.32. The first kappa shape index (κ1) is 18.1. The molecule has 1 aliphatic rings. The van der Waals surface area contributed by atoms with Crippen molar-refractivity contribution in [1.82, 2.24) is 0 Å². The second-order valence-electron chi connectivity index (χ2n) is 7.01. The SMILES string of the molecule is COc1ccc(NC(=O)OC(C)(C)C)cc1C1(C(N)C(=O)O)CC1. The van der Waals surface area contributed by atoms with Gasteiger partial charge in [-0.2, -0.15) is 0 Å². The molecule has 2 rings (SSSR count). The lowest BCUT2D eigenvalue weighted by Crippen LogP contribution is -2.42. The lowest BCUT2D eigenvalue weighted by Gasteiger charge is -2.24. The van der Waals surface area contributed by atoms with E-state index in [0.29, 0.717) is 29.8 Å². The standard InChI is InChI=1S/C17H24N2O5/c1-16(2,3)24-15(22)19-10-5-6-12(23-4)11(9-10)17(7-8-17)13(18)14(20)21/h5-6,9,13H,7-8,18H2,1-4H3,(H,19,22)(H,20,21). The van der Waals surface area contributed by atoms with E-state index in [-0.39, 0.29) is 0 Å². The number of hydrogen-bond donors (Lipinski definition) is 3. The van der Waals surface area contributed by atoms with Crippen molar-refractivity contribution < 1.29 is 24.2 Å². The van der Waals surface area contributed by atoms with Crippen molar-refractivity contribution in [3.63, 3.8) is 0 Å². The quantitative estimate of drug-likeness (QED) is 0.762. The highest BCUT2D eigenvalue weighted by Crippen LogP contribution is 2.53. The van der Waals surface area contributed by atoms with Crippen molar-refractivity contribution in [2.75, 3.05) is 12.4 Å². The topological polar surface area (TPSA) is 111 Å². The molecule has 24 heavy (non-hydrogen) atoms. The maximum absolute atomic E-state index is 11.9. The summed E-state index contributed by atoms with van der Waals surface area (Å²) < 4.78 is 10.6. The number of amides is 1. The molecule has 7 heteroatoms. The van der Waals surface area contributed by atoms with Crippen molar-refractivity contribution in [2.45, 2.75) is 50.7 Å². The maximum Gasteiger partial charge on any atom is 0.412 e. The van der Waals surface area contributed by atoms with Gasteiger partial charge >= 0.3 is 12.1 Å². The fourth-order valence-electron chi connectivity index (χ4n) is 2.72. The Balaban J connectivity index is 2.29. The Bertz CT molecular complexity index is 647. The summed E-state index contributed by atoms with van der Waals surface area (Å²) in [6, 6.07) is 4.05. The number of nitrogens with one attached hydrogen (secondary N) is 1. The number of nitrogens with two attached hydrogens (primary N) is 1. The average molecular weight is 336 g/mol. The molecular weight excluding hydrogens is 312 g/mol. The van der Waals surface area contributed by atoms with Crippen molar-refractivity contribution in [1.29, 1.82) is 0 Å². The number of benzene rings is 1. The largest absolute Gasteiger partial charge is 0.496 e. The lowest BCUT2D eigenvalue weighted by molar-refractivity contribution is -0.139. The Morgan fingerprint density at radius 1 is 1.33 bits per heavy atom. The molecule has 1 fully saturated rings. The van der Waals surface area contributed by atoms with Crippen LogP contribution in [0.5, 0.6) is 5.75 Å². The first-order chi connectivity index (χ1) is 11.1. The van der Waals surface area contributed by atoms with Gasteiger partial charge in [-0.15, -0.1) is 0 Å². The summed E-state index contributed by atoms with van der Waals surface area (Å²) in [5.74, 6) is -0.501. The molecule has 0 radical (unpaired) electrons. The first-order valence-corrected chi connectivity index (χ1v) is 7.76. The number of carbonyl (C=O) groups is 2. The van der Waals surface area contributed by atoms with Crippen LogP contribution in [0, 0.1) is 0 Å². The lowest BCUT2D eigenvalue weighted by atomic mass is 9.87. The normalized spacial score (nSPS) is 16.9. The molecule has 1 saturated carbocycles. The third-order valence-electron chi connectivity index (χ3n) is 4.03. The highest BCUT2D eigenvalue weighted by molar-refractivity contribution is 5.85. The van der Waals surface area contributed by atoms with Crippen LogP contribution in [0.3, 0.4) is 0 Å². The molecule has 0 aromatic heterocycles. The van der Waals surface area contributed by atoms with Crippen LogP contribution < -0.4 is 15.8 Å². The van der Waals surface area contributed by atoms with Crippen LogP contribution in [0.25, 0.3) is 0 Å². The molecule has 1 aliphatic carbocycles. The van der Waals surface area contributed by atoms with Gasteiger partial charge in [0.05, 0.1) is 7.11 Å². The van der Waals surface area contributed by atoms with E-state index in [2.05, 4.69) is 5.32 Å². The molecule has 0 saturated heterocycles. The molecule has 0 spiro atoms. The molecule has 4 N–H and O–H groups in total. The molecule has 0 aliphatic heterocycles. The third kappa shape index (κ3) is 3.79. The Morgan fingerprint density at radius 3 is 2.42 bits per heavy atom. The van der Waals surface area contributed by atoms with E-state index >= 15 is 0 Å². The number of carboxylic acid groups (broad SMARTS) is 1. The number of hydrogen-bond acceptors (Lipinski definition) is 5. The second-order valence-corrected chi connectivity index (χ2v) is 7.01. The van der Waals surface area contributed by atoms with E-state index < -0.39 is 29.1 Å². The van der Waals surface area contributed by atoms with Crippen LogP contribution in [0.4, 0.5) is 10.5 Å². The zero-order valence-electron chi connectivity index (χ0n) is 14.4. The maximum atomic E-state index is 11.9. The first-order valence-electron chi connectivity index (χ1n) is 7.76. The summed E-state index contributed by atoms with van der Waals surface area (Å²) in [6.45, 7) is 5.32. The summed E-state index contributed by atoms with van der Waals surface area (Å²) in [6.07, 6.45) is 0.741. The van der Waals surface area contributed by atoms with Crippen LogP contribution in [-0.4, -0.2) is 35.9 Å². The minimum absolute atomic E-state index is 0.504. The summed E-state index contributed by atoms with van der Waals surface area (Å²) in [5, 5.41) is 11.9. The van der Waals surface area contributed by atoms with Gasteiger partial charge in [-0.3, -0.25) is 10.1 Å². The summed E-state index contributed by atoms with van der Waals surface area (Å²) >= 11 is 0. The summed E-state index contributed by atoms with van der Waals surface area (Å²) in [4.78, 5) is 23.2. The smallest absolute Gasteiger partial charge is 0.412 e. The Labute approximate surface area is 141 Å². The van der Waals surface area contributed by atoms with E-state index in [4.69, 9.17) is 15.2 Å². The Morgan fingerprint density at radius 2 is 1.96 bits per heavy atom. The number of carbonyl (C=O) groups excluding carboxylic acids is 1. The van der Waals surface area contributed by atoms with Gasteiger partial charge in [-0.25, -0.2) is 4.79 Å². The van der Waals surface area contributed by atoms with Gasteiger partial charge in [-0.1, -0.05) is 0 Å². The van der Waals surface area contributed by atoms with Crippen molar-refractivity contribution in [3.05, 3.63) is 23.8 Å². The molecule has 1 aromatic rings. The number of carboxylic acids is 1. The van der Waals surface area contributed by atoms with Gasteiger partial charge in [0.25, 0.3) is 0 Å². The highest BCUT2D eigenvalue weighted by Gasteiger charge is 2.54.